The first-order valence-corrected chi connectivity index (χ1v) is 6.98. The van der Waals surface area contributed by atoms with Gasteiger partial charge >= 0.3 is 0 Å². The van der Waals surface area contributed by atoms with Crippen molar-refractivity contribution >= 4 is 39.1 Å². The zero-order chi connectivity index (χ0) is 14.0. The Hall–Kier alpha value is -1.32. The molecule has 0 saturated carbocycles. The Labute approximate surface area is 125 Å². The molecule has 0 unspecified atom stereocenters. The molecule has 0 aliphatic heterocycles. The Morgan fingerprint density at radius 3 is 2.53 bits per heavy atom. The maximum atomic E-state index is 12.1. The van der Waals surface area contributed by atoms with E-state index in [-0.39, 0.29) is 5.91 Å². The fourth-order valence-corrected chi connectivity index (χ4v) is 2.41. The largest absolute Gasteiger partial charge is 0.321 e. The summed E-state index contributed by atoms with van der Waals surface area (Å²) in [6.07, 6.45) is 0. The Balaban J connectivity index is 2.23. The van der Waals surface area contributed by atoms with Gasteiger partial charge in [-0.1, -0.05) is 17.7 Å². The highest BCUT2D eigenvalue weighted by atomic mass is 79.9. The number of carbonyl (C=O) groups is 1. The van der Waals surface area contributed by atoms with Gasteiger partial charge in [0.2, 0.25) is 0 Å². The van der Waals surface area contributed by atoms with Crippen LogP contribution in [0.2, 0.25) is 5.02 Å². The van der Waals surface area contributed by atoms with E-state index in [2.05, 4.69) is 21.2 Å². The van der Waals surface area contributed by atoms with Gasteiger partial charge in [-0.05, 0) is 71.2 Å². The molecule has 98 valence electrons. The van der Waals surface area contributed by atoms with Crippen LogP contribution in [-0.2, 0) is 0 Å². The first-order chi connectivity index (χ1) is 8.97. The fraction of sp³-hybridized carbons (Fsp3) is 0.133. The number of hydrogen-bond acceptors (Lipinski definition) is 1. The number of hydrogen-bond donors (Lipinski definition) is 1. The lowest BCUT2D eigenvalue weighted by atomic mass is 10.1. The van der Waals surface area contributed by atoms with Gasteiger partial charge in [-0.3, -0.25) is 4.79 Å². The van der Waals surface area contributed by atoms with Gasteiger partial charge in [0, 0.05) is 15.1 Å². The van der Waals surface area contributed by atoms with E-state index in [9.17, 15) is 4.79 Å². The van der Waals surface area contributed by atoms with Crippen LogP contribution >= 0.6 is 27.5 Å². The van der Waals surface area contributed by atoms with Crippen molar-refractivity contribution in [3.05, 3.63) is 62.6 Å². The standard InChI is InChI=1S/C15H13BrClNO/c1-9-3-6-14(12(16)7-9)18-15(19)11-4-5-13(17)10(2)8-11/h3-8H,1-2H3,(H,18,19). The first-order valence-electron chi connectivity index (χ1n) is 5.81. The maximum absolute atomic E-state index is 12.1. The van der Waals surface area contributed by atoms with E-state index in [0.717, 1.165) is 21.3 Å². The van der Waals surface area contributed by atoms with Crippen LogP contribution in [-0.4, -0.2) is 5.91 Å². The molecule has 0 aromatic heterocycles. The second-order valence-corrected chi connectivity index (χ2v) is 5.66. The molecule has 0 bridgehead atoms. The number of anilines is 1. The average Bonchev–Trinajstić information content (AvgIpc) is 2.36. The lowest BCUT2D eigenvalue weighted by molar-refractivity contribution is 0.102. The zero-order valence-corrected chi connectivity index (χ0v) is 13.0. The zero-order valence-electron chi connectivity index (χ0n) is 10.6. The summed E-state index contributed by atoms with van der Waals surface area (Å²) >= 11 is 9.39. The van der Waals surface area contributed by atoms with Crippen molar-refractivity contribution in [2.45, 2.75) is 13.8 Å². The van der Waals surface area contributed by atoms with Crippen LogP contribution in [0, 0.1) is 13.8 Å². The van der Waals surface area contributed by atoms with Crippen LogP contribution in [0.5, 0.6) is 0 Å². The quantitative estimate of drug-likeness (QED) is 0.823. The van der Waals surface area contributed by atoms with Crippen molar-refractivity contribution in [1.82, 2.24) is 0 Å². The van der Waals surface area contributed by atoms with E-state index in [1.807, 2.05) is 32.0 Å². The van der Waals surface area contributed by atoms with Crippen LogP contribution < -0.4 is 5.32 Å². The smallest absolute Gasteiger partial charge is 0.255 e. The molecule has 2 rings (SSSR count). The van der Waals surface area contributed by atoms with Crippen molar-refractivity contribution in [2.24, 2.45) is 0 Å². The lowest BCUT2D eigenvalue weighted by Gasteiger charge is -2.09. The summed E-state index contributed by atoms with van der Waals surface area (Å²) in [6, 6.07) is 11.0. The Morgan fingerprint density at radius 1 is 1.16 bits per heavy atom. The fourth-order valence-electron chi connectivity index (χ4n) is 1.70. The molecule has 2 aromatic carbocycles. The number of amides is 1. The number of rotatable bonds is 2. The van der Waals surface area contributed by atoms with Crippen LogP contribution in [0.4, 0.5) is 5.69 Å². The van der Waals surface area contributed by atoms with Crippen LogP contribution in [0.1, 0.15) is 21.5 Å². The molecule has 1 amide bonds. The van der Waals surface area contributed by atoms with Gasteiger partial charge < -0.3 is 5.32 Å². The van der Waals surface area contributed by atoms with Gasteiger partial charge in [-0.2, -0.15) is 0 Å². The molecule has 19 heavy (non-hydrogen) atoms. The molecular weight excluding hydrogens is 326 g/mol. The molecule has 0 fully saturated rings. The summed E-state index contributed by atoms with van der Waals surface area (Å²) in [5, 5.41) is 3.53. The minimum Gasteiger partial charge on any atom is -0.321 e. The van der Waals surface area contributed by atoms with Gasteiger partial charge in [-0.15, -0.1) is 0 Å². The van der Waals surface area contributed by atoms with Gasteiger partial charge in [-0.25, -0.2) is 0 Å². The number of halogens is 2. The molecule has 0 atom stereocenters. The summed E-state index contributed by atoms with van der Waals surface area (Å²) < 4.78 is 0.867. The highest BCUT2D eigenvalue weighted by molar-refractivity contribution is 9.10. The molecule has 0 aliphatic carbocycles. The minimum atomic E-state index is -0.149. The van der Waals surface area contributed by atoms with E-state index in [0.29, 0.717) is 10.6 Å². The third kappa shape index (κ3) is 3.37. The third-order valence-electron chi connectivity index (χ3n) is 2.79. The van der Waals surface area contributed by atoms with Crippen molar-refractivity contribution in [3.8, 4) is 0 Å². The highest BCUT2D eigenvalue weighted by Crippen LogP contribution is 2.24. The van der Waals surface area contributed by atoms with Crippen LogP contribution in [0.15, 0.2) is 40.9 Å². The summed E-state index contributed by atoms with van der Waals surface area (Å²) in [6.45, 7) is 3.87. The molecule has 0 radical (unpaired) electrons. The number of benzene rings is 2. The second-order valence-electron chi connectivity index (χ2n) is 4.40. The van der Waals surface area contributed by atoms with Gasteiger partial charge in [0.15, 0.2) is 0 Å². The second kappa shape index (κ2) is 5.76. The molecule has 2 aromatic rings. The van der Waals surface area contributed by atoms with Gasteiger partial charge in [0.1, 0.15) is 0 Å². The van der Waals surface area contributed by atoms with Crippen LogP contribution in [0.3, 0.4) is 0 Å². The normalized spacial score (nSPS) is 10.3. The average molecular weight is 339 g/mol. The molecule has 0 spiro atoms. The SMILES string of the molecule is Cc1ccc(NC(=O)c2ccc(Cl)c(C)c2)c(Br)c1. The summed E-state index contributed by atoms with van der Waals surface area (Å²) in [4.78, 5) is 12.1. The number of aryl methyl sites for hydroxylation is 2. The van der Waals surface area contributed by atoms with E-state index in [1.165, 1.54) is 0 Å². The lowest BCUT2D eigenvalue weighted by Crippen LogP contribution is -2.12. The summed E-state index contributed by atoms with van der Waals surface area (Å²) in [5.74, 6) is -0.149. The third-order valence-corrected chi connectivity index (χ3v) is 3.87. The van der Waals surface area contributed by atoms with E-state index in [1.54, 1.807) is 18.2 Å². The minimum absolute atomic E-state index is 0.149. The monoisotopic (exact) mass is 337 g/mol. The maximum Gasteiger partial charge on any atom is 0.255 e. The van der Waals surface area contributed by atoms with Gasteiger partial charge in [0.25, 0.3) is 5.91 Å². The number of nitrogens with one attached hydrogen (secondary N) is 1. The summed E-state index contributed by atoms with van der Waals surface area (Å²) in [5.41, 5.74) is 3.36. The molecule has 0 aliphatic rings. The molecule has 1 N–H and O–H groups in total. The molecule has 0 heterocycles. The predicted octanol–water partition coefficient (Wildman–Crippen LogP) is 4.97. The Kier molecular flexibility index (Phi) is 4.27. The number of carbonyl (C=O) groups excluding carboxylic acids is 1. The molecular formula is C15H13BrClNO. The molecule has 4 heteroatoms. The van der Waals surface area contributed by atoms with Crippen molar-refractivity contribution in [1.29, 1.82) is 0 Å². The predicted molar refractivity (Wildman–Crippen MR) is 83.0 cm³/mol. The molecule has 0 saturated heterocycles. The van der Waals surface area contributed by atoms with E-state index >= 15 is 0 Å². The van der Waals surface area contributed by atoms with Crippen molar-refractivity contribution < 1.29 is 4.79 Å². The Bertz CT molecular complexity index is 640. The van der Waals surface area contributed by atoms with Crippen molar-refractivity contribution in [2.75, 3.05) is 5.32 Å². The van der Waals surface area contributed by atoms with E-state index < -0.39 is 0 Å². The highest BCUT2D eigenvalue weighted by Gasteiger charge is 2.09. The van der Waals surface area contributed by atoms with E-state index in [4.69, 9.17) is 11.6 Å². The van der Waals surface area contributed by atoms with Crippen LogP contribution in [0.25, 0.3) is 0 Å². The topological polar surface area (TPSA) is 29.1 Å². The summed E-state index contributed by atoms with van der Waals surface area (Å²) in [7, 11) is 0. The molecule has 2 nitrogen and oxygen atoms in total. The Morgan fingerprint density at radius 2 is 1.89 bits per heavy atom. The first kappa shape index (κ1) is 14.1. The van der Waals surface area contributed by atoms with Gasteiger partial charge in [0.05, 0.1) is 5.69 Å². The van der Waals surface area contributed by atoms with Crippen molar-refractivity contribution in [3.63, 3.8) is 0 Å².